The summed E-state index contributed by atoms with van der Waals surface area (Å²) in [7, 11) is 0. The molecule has 0 spiro atoms. The first-order valence-corrected chi connectivity index (χ1v) is 6.94. The normalized spacial score (nSPS) is 27.2. The number of nitrogens with one attached hydrogen (secondary N) is 1. The van der Waals surface area contributed by atoms with Gasteiger partial charge < -0.3 is 10.4 Å². The van der Waals surface area contributed by atoms with Crippen molar-refractivity contribution >= 4 is 5.91 Å². The third-order valence-corrected chi connectivity index (χ3v) is 4.01. The summed E-state index contributed by atoms with van der Waals surface area (Å²) < 4.78 is 1.47. The van der Waals surface area contributed by atoms with Crippen LogP contribution in [0.3, 0.4) is 0 Å². The van der Waals surface area contributed by atoms with E-state index in [2.05, 4.69) is 22.6 Å². The van der Waals surface area contributed by atoms with Gasteiger partial charge in [-0.25, -0.2) is 4.68 Å². The Balaban J connectivity index is 1.74. The van der Waals surface area contributed by atoms with Crippen LogP contribution in [-0.4, -0.2) is 38.2 Å². The number of aromatic nitrogens is 3. The maximum atomic E-state index is 11.7. The van der Waals surface area contributed by atoms with Crippen molar-refractivity contribution in [3.05, 3.63) is 12.4 Å². The fraction of sp³-hybridized carbons (Fsp3) is 0.769. The van der Waals surface area contributed by atoms with Crippen molar-refractivity contribution in [3.8, 4) is 0 Å². The van der Waals surface area contributed by atoms with E-state index in [4.69, 9.17) is 0 Å². The highest BCUT2D eigenvalue weighted by Gasteiger charge is 2.32. The van der Waals surface area contributed by atoms with Gasteiger partial charge in [-0.1, -0.05) is 18.6 Å². The van der Waals surface area contributed by atoms with Gasteiger partial charge in [0, 0.05) is 12.7 Å². The first-order chi connectivity index (χ1) is 9.11. The van der Waals surface area contributed by atoms with Crippen LogP contribution in [0.1, 0.15) is 39.0 Å². The maximum Gasteiger partial charge on any atom is 0.241 e. The van der Waals surface area contributed by atoms with Crippen LogP contribution < -0.4 is 5.32 Å². The Kier molecular flexibility index (Phi) is 4.52. The minimum absolute atomic E-state index is 0.142. The second-order valence-electron chi connectivity index (χ2n) is 5.45. The number of aliphatic hydroxyl groups is 1. The van der Waals surface area contributed by atoms with E-state index in [0.717, 1.165) is 31.6 Å². The third-order valence-electron chi connectivity index (χ3n) is 4.01. The number of hydrogen-bond acceptors (Lipinski definition) is 4. The summed E-state index contributed by atoms with van der Waals surface area (Å²) in [4.78, 5) is 11.7. The lowest BCUT2D eigenvalue weighted by atomic mass is 9.78. The van der Waals surface area contributed by atoms with Crippen molar-refractivity contribution in [2.24, 2.45) is 5.92 Å². The van der Waals surface area contributed by atoms with Crippen LogP contribution in [0.2, 0.25) is 0 Å². The van der Waals surface area contributed by atoms with Gasteiger partial charge in [-0.3, -0.25) is 4.79 Å². The van der Waals surface area contributed by atoms with Crippen LogP contribution in [0.25, 0.3) is 0 Å². The number of rotatable bonds is 5. The molecule has 19 heavy (non-hydrogen) atoms. The fourth-order valence-electron chi connectivity index (χ4n) is 2.58. The Hall–Kier alpha value is -1.43. The number of hydrogen-bond donors (Lipinski definition) is 2. The summed E-state index contributed by atoms with van der Waals surface area (Å²) in [6.07, 6.45) is 7.99. The Morgan fingerprint density at radius 3 is 2.84 bits per heavy atom. The molecule has 1 aliphatic carbocycles. The number of nitrogens with zero attached hydrogens (tertiary/aromatic N) is 3. The lowest BCUT2D eigenvalue weighted by Crippen LogP contribution is -2.46. The molecular formula is C13H22N4O2. The third kappa shape index (κ3) is 4.02. The lowest BCUT2D eigenvalue weighted by Gasteiger charge is -2.35. The molecule has 6 heteroatoms. The molecule has 1 aromatic heterocycles. The van der Waals surface area contributed by atoms with E-state index in [1.807, 2.05) is 0 Å². The monoisotopic (exact) mass is 266 g/mol. The van der Waals surface area contributed by atoms with E-state index in [1.54, 1.807) is 6.20 Å². The maximum absolute atomic E-state index is 11.7. The quantitative estimate of drug-likeness (QED) is 0.823. The van der Waals surface area contributed by atoms with Gasteiger partial charge in [0.05, 0.1) is 11.8 Å². The van der Waals surface area contributed by atoms with Crippen molar-refractivity contribution in [3.63, 3.8) is 0 Å². The van der Waals surface area contributed by atoms with E-state index in [9.17, 15) is 9.90 Å². The molecule has 0 bridgehead atoms. The topological polar surface area (TPSA) is 80.0 Å². The largest absolute Gasteiger partial charge is 0.388 e. The van der Waals surface area contributed by atoms with Gasteiger partial charge in [0.1, 0.15) is 6.54 Å². The minimum atomic E-state index is -0.732. The van der Waals surface area contributed by atoms with E-state index in [1.165, 1.54) is 17.3 Å². The van der Waals surface area contributed by atoms with Crippen LogP contribution in [0, 0.1) is 5.92 Å². The summed E-state index contributed by atoms with van der Waals surface area (Å²) in [6, 6.07) is 0. The van der Waals surface area contributed by atoms with E-state index in [0.29, 0.717) is 6.54 Å². The molecule has 0 atom stereocenters. The molecule has 1 amide bonds. The molecule has 1 heterocycles. The molecule has 0 saturated heterocycles. The Labute approximate surface area is 113 Å². The molecule has 0 aliphatic heterocycles. The smallest absolute Gasteiger partial charge is 0.241 e. The molecule has 106 valence electrons. The summed E-state index contributed by atoms with van der Waals surface area (Å²) in [5.41, 5.74) is -0.732. The van der Waals surface area contributed by atoms with Gasteiger partial charge >= 0.3 is 0 Å². The molecule has 1 aromatic rings. The molecule has 2 rings (SSSR count). The number of carbonyl (C=O) groups is 1. The second kappa shape index (κ2) is 6.14. The fourth-order valence-corrected chi connectivity index (χ4v) is 2.58. The predicted molar refractivity (Wildman–Crippen MR) is 70.2 cm³/mol. The van der Waals surface area contributed by atoms with Gasteiger partial charge in [-0.2, -0.15) is 0 Å². The van der Waals surface area contributed by atoms with Gasteiger partial charge in [0.2, 0.25) is 5.91 Å². The summed E-state index contributed by atoms with van der Waals surface area (Å²) >= 11 is 0. The first kappa shape index (κ1) is 14.0. The van der Waals surface area contributed by atoms with Gasteiger partial charge in [-0.15, -0.1) is 5.10 Å². The minimum Gasteiger partial charge on any atom is -0.388 e. The Morgan fingerprint density at radius 1 is 1.53 bits per heavy atom. The number of carbonyl (C=O) groups excluding carboxylic acids is 1. The van der Waals surface area contributed by atoms with Crippen molar-refractivity contribution < 1.29 is 9.90 Å². The number of amides is 1. The van der Waals surface area contributed by atoms with Crippen LogP contribution in [0.15, 0.2) is 12.4 Å². The van der Waals surface area contributed by atoms with Crippen LogP contribution in [-0.2, 0) is 11.3 Å². The van der Waals surface area contributed by atoms with Crippen molar-refractivity contribution in [2.45, 2.75) is 51.2 Å². The zero-order valence-corrected chi connectivity index (χ0v) is 11.4. The predicted octanol–water partition coefficient (Wildman–Crippen LogP) is 0.726. The van der Waals surface area contributed by atoms with E-state index >= 15 is 0 Å². The van der Waals surface area contributed by atoms with Crippen molar-refractivity contribution in [2.75, 3.05) is 6.54 Å². The van der Waals surface area contributed by atoms with Crippen LogP contribution >= 0.6 is 0 Å². The molecule has 1 fully saturated rings. The Morgan fingerprint density at radius 2 is 2.26 bits per heavy atom. The van der Waals surface area contributed by atoms with Crippen molar-refractivity contribution in [1.29, 1.82) is 0 Å². The highest BCUT2D eigenvalue weighted by molar-refractivity contribution is 5.75. The molecule has 2 N–H and O–H groups in total. The zero-order chi connectivity index (χ0) is 13.7. The molecule has 1 aliphatic rings. The molecule has 0 unspecified atom stereocenters. The molecule has 1 saturated carbocycles. The van der Waals surface area contributed by atoms with Crippen molar-refractivity contribution in [1.82, 2.24) is 20.3 Å². The van der Waals surface area contributed by atoms with E-state index < -0.39 is 5.60 Å². The average molecular weight is 266 g/mol. The molecule has 6 nitrogen and oxygen atoms in total. The zero-order valence-electron chi connectivity index (χ0n) is 11.4. The average Bonchev–Trinajstić information content (AvgIpc) is 2.90. The Bertz CT molecular complexity index is 397. The van der Waals surface area contributed by atoms with Gasteiger partial charge in [0.15, 0.2) is 0 Å². The second-order valence-corrected chi connectivity index (χ2v) is 5.45. The highest BCUT2D eigenvalue weighted by Crippen LogP contribution is 2.33. The van der Waals surface area contributed by atoms with Gasteiger partial charge in [0.25, 0.3) is 0 Å². The first-order valence-electron chi connectivity index (χ1n) is 6.94. The van der Waals surface area contributed by atoms with Crippen LogP contribution in [0.4, 0.5) is 0 Å². The standard InChI is InChI=1S/C13H22N4O2/c1-2-11-3-5-13(19,6-4-11)10-14-12(18)9-17-8-7-15-16-17/h7-8,11,19H,2-6,9-10H2,1H3,(H,14,18). The summed E-state index contributed by atoms with van der Waals surface area (Å²) in [5.74, 6) is 0.586. The molecular weight excluding hydrogens is 244 g/mol. The summed E-state index contributed by atoms with van der Waals surface area (Å²) in [5, 5.41) is 20.6. The molecule has 0 radical (unpaired) electrons. The van der Waals surface area contributed by atoms with Gasteiger partial charge in [-0.05, 0) is 31.6 Å². The SMILES string of the molecule is CCC1CCC(O)(CNC(=O)Cn2ccnn2)CC1. The van der Waals surface area contributed by atoms with E-state index in [-0.39, 0.29) is 12.5 Å². The summed E-state index contributed by atoms with van der Waals surface area (Å²) in [6.45, 7) is 2.67. The van der Waals surface area contributed by atoms with Crippen LogP contribution in [0.5, 0.6) is 0 Å². The lowest BCUT2D eigenvalue weighted by molar-refractivity contribution is -0.123. The molecule has 0 aromatic carbocycles. The highest BCUT2D eigenvalue weighted by atomic mass is 16.3.